The summed E-state index contributed by atoms with van der Waals surface area (Å²) >= 11 is 0.822. The van der Waals surface area contributed by atoms with Gasteiger partial charge in [0, 0.05) is 0 Å². The monoisotopic (exact) mass is 263 g/mol. The molecule has 0 heterocycles. The molecule has 1 rings (SSSR count). The average Bonchev–Trinajstić information content (AvgIpc) is 2.41. The van der Waals surface area contributed by atoms with Crippen LogP contribution in [0.5, 0.6) is 0 Å². The van der Waals surface area contributed by atoms with E-state index in [4.69, 9.17) is 4.74 Å². The summed E-state index contributed by atoms with van der Waals surface area (Å²) in [5, 5.41) is 3.02. The molecule has 0 aromatic heterocycles. The number of carbonyl (C=O) groups excluding carboxylic acids is 1. The lowest BCUT2D eigenvalue weighted by Gasteiger charge is -1.99. The quantitative estimate of drug-likeness (QED) is 0.436. The normalized spacial score (nSPS) is 9.06. The van der Waals surface area contributed by atoms with Crippen molar-refractivity contribution in [3.8, 4) is 0 Å². The molecule has 0 saturated heterocycles. The maximum Gasteiger partial charge on any atom is 0.338 e. The minimum absolute atomic E-state index is 0.256. The zero-order valence-electron chi connectivity index (χ0n) is 11.8. The lowest BCUT2D eigenvalue weighted by molar-refractivity contribution is 0.0526. The van der Waals surface area contributed by atoms with Gasteiger partial charge in [0.25, 0.3) is 0 Å². The standard InChI is InChI=1S/C9H10O2.2C3H7.Al/c1-2-11-9(10)8-6-4-3-5-7-8;2*1-3-2;/h3-7H,2H2,1H3;2*1,3H2,2H3;. The molecule has 0 aliphatic rings. The molecule has 3 heteroatoms. The van der Waals surface area contributed by atoms with Gasteiger partial charge in [0.05, 0.1) is 12.2 Å². The first kappa shape index (κ1) is 17.2. The van der Waals surface area contributed by atoms with E-state index < -0.39 is 0 Å². The fraction of sp³-hybridized carbons (Fsp3) is 0.533. The molecular formula is C15H24AlO2. The van der Waals surface area contributed by atoms with Crippen molar-refractivity contribution < 1.29 is 9.53 Å². The summed E-state index contributed by atoms with van der Waals surface area (Å²) in [5.41, 5.74) is 0.606. The minimum atomic E-state index is -0.256. The average molecular weight is 263 g/mol. The van der Waals surface area contributed by atoms with Gasteiger partial charge in [-0.2, -0.15) is 0 Å². The van der Waals surface area contributed by atoms with Gasteiger partial charge in [0.15, 0.2) is 15.2 Å². The molecule has 1 aromatic rings. The van der Waals surface area contributed by atoms with Crippen LogP contribution in [0.3, 0.4) is 0 Å². The van der Waals surface area contributed by atoms with Crippen LogP contribution >= 0.6 is 0 Å². The number of carbonyl (C=O) groups is 1. The third kappa shape index (κ3) is 9.27. The zero-order chi connectivity index (χ0) is 13.6. The zero-order valence-corrected chi connectivity index (χ0v) is 13.0. The number of benzene rings is 1. The van der Waals surface area contributed by atoms with Crippen LogP contribution in [-0.2, 0) is 4.74 Å². The molecule has 2 nitrogen and oxygen atoms in total. The molecule has 0 aliphatic heterocycles. The summed E-state index contributed by atoms with van der Waals surface area (Å²) < 4.78 is 4.79. The second kappa shape index (κ2) is 12.7. The van der Waals surface area contributed by atoms with Gasteiger partial charge in [0.1, 0.15) is 0 Å². The van der Waals surface area contributed by atoms with Crippen LogP contribution in [-0.4, -0.2) is 27.8 Å². The second-order valence-electron chi connectivity index (χ2n) is 3.95. The van der Waals surface area contributed by atoms with E-state index in [2.05, 4.69) is 13.8 Å². The van der Waals surface area contributed by atoms with Gasteiger partial charge in [-0.1, -0.05) is 44.9 Å². The highest BCUT2D eigenvalue weighted by molar-refractivity contribution is 6.35. The van der Waals surface area contributed by atoms with E-state index in [0.717, 1.165) is 15.2 Å². The van der Waals surface area contributed by atoms with Gasteiger partial charge in [-0.15, -0.1) is 10.6 Å². The van der Waals surface area contributed by atoms with Crippen molar-refractivity contribution in [2.24, 2.45) is 0 Å². The summed E-state index contributed by atoms with van der Waals surface area (Å²) in [6, 6.07) is 8.96. The number of hydrogen-bond donors (Lipinski definition) is 0. The van der Waals surface area contributed by atoms with E-state index in [-0.39, 0.29) is 5.97 Å². The summed E-state index contributed by atoms with van der Waals surface area (Å²) in [6.07, 6.45) is 2.80. The van der Waals surface area contributed by atoms with Gasteiger partial charge in [0.2, 0.25) is 0 Å². The Hall–Kier alpha value is -0.778. The molecule has 0 amide bonds. The largest absolute Gasteiger partial charge is 0.462 e. The Labute approximate surface area is 117 Å². The summed E-state index contributed by atoms with van der Waals surface area (Å²) in [7, 11) is 0. The second-order valence-corrected chi connectivity index (χ2v) is 5.68. The highest BCUT2D eigenvalue weighted by Gasteiger charge is 2.02. The van der Waals surface area contributed by atoms with Crippen molar-refractivity contribution in [3.05, 3.63) is 35.9 Å². The van der Waals surface area contributed by atoms with Crippen LogP contribution in [0.15, 0.2) is 30.3 Å². The predicted octanol–water partition coefficient (Wildman–Crippen LogP) is 4.21. The van der Waals surface area contributed by atoms with Crippen LogP contribution in [0.4, 0.5) is 0 Å². The van der Waals surface area contributed by atoms with E-state index in [0.29, 0.717) is 12.2 Å². The topological polar surface area (TPSA) is 26.3 Å². The Kier molecular flexibility index (Phi) is 12.1. The van der Waals surface area contributed by atoms with E-state index in [1.807, 2.05) is 18.2 Å². The lowest BCUT2D eigenvalue weighted by atomic mass is 10.2. The number of ether oxygens (including phenoxy) is 1. The molecule has 0 bridgehead atoms. The number of rotatable bonds is 6. The Morgan fingerprint density at radius 1 is 1.06 bits per heavy atom. The first-order valence-corrected chi connectivity index (χ1v) is 8.43. The maximum atomic E-state index is 11.0. The predicted molar refractivity (Wildman–Crippen MR) is 78.3 cm³/mol. The van der Waals surface area contributed by atoms with Crippen molar-refractivity contribution in [2.45, 2.75) is 44.2 Å². The molecule has 0 aliphatic carbocycles. The molecule has 0 fully saturated rings. The minimum Gasteiger partial charge on any atom is -0.462 e. The molecule has 0 atom stereocenters. The molecule has 1 aromatic carbocycles. The maximum absolute atomic E-state index is 11.0. The van der Waals surface area contributed by atoms with Gasteiger partial charge in [-0.05, 0) is 19.1 Å². The van der Waals surface area contributed by atoms with Crippen LogP contribution < -0.4 is 0 Å². The molecule has 99 valence electrons. The summed E-state index contributed by atoms with van der Waals surface area (Å²) in [5.74, 6) is -0.256. The molecule has 0 unspecified atom stereocenters. The molecule has 18 heavy (non-hydrogen) atoms. The molecule has 0 spiro atoms. The Morgan fingerprint density at radius 3 is 2.06 bits per heavy atom. The summed E-state index contributed by atoms with van der Waals surface area (Å²) in [4.78, 5) is 11.0. The van der Waals surface area contributed by atoms with Crippen LogP contribution in [0, 0.1) is 0 Å². The van der Waals surface area contributed by atoms with E-state index >= 15 is 0 Å². The molecule has 0 N–H and O–H groups in total. The summed E-state index contributed by atoms with van der Waals surface area (Å²) in [6.45, 7) is 6.75. The highest BCUT2D eigenvalue weighted by Crippen LogP contribution is 1.99. The smallest absolute Gasteiger partial charge is 0.338 e. The molecular weight excluding hydrogens is 239 g/mol. The molecule has 1 radical (unpaired) electrons. The number of hydrogen-bond acceptors (Lipinski definition) is 2. The van der Waals surface area contributed by atoms with Crippen molar-refractivity contribution in [1.82, 2.24) is 0 Å². The van der Waals surface area contributed by atoms with Gasteiger partial charge in [-0.3, -0.25) is 0 Å². The highest BCUT2D eigenvalue weighted by atomic mass is 27.1. The Bertz CT molecular complexity index is 295. The fourth-order valence-corrected chi connectivity index (χ4v) is 2.45. The van der Waals surface area contributed by atoms with Crippen LogP contribution in [0.2, 0.25) is 10.6 Å². The number of esters is 1. The molecule has 0 saturated carbocycles. The van der Waals surface area contributed by atoms with Crippen molar-refractivity contribution in [3.63, 3.8) is 0 Å². The van der Waals surface area contributed by atoms with Crippen molar-refractivity contribution >= 4 is 21.2 Å². The third-order valence-corrected chi connectivity index (χ3v) is 4.24. The third-order valence-electron chi connectivity index (χ3n) is 2.27. The van der Waals surface area contributed by atoms with Gasteiger partial charge < -0.3 is 4.74 Å². The van der Waals surface area contributed by atoms with Gasteiger partial charge in [-0.25, -0.2) is 4.79 Å². The van der Waals surface area contributed by atoms with E-state index in [1.54, 1.807) is 19.1 Å². The van der Waals surface area contributed by atoms with E-state index in [9.17, 15) is 4.79 Å². The van der Waals surface area contributed by atoms with Crippen molar-refractivity contribution in [1.29, 1.82) is 0 Å². The van der Waals surface area contributed by atoms with Crippen LogP contribution in [0.25, 0.3) is 0 Å². The fourth-order valence-electron chi connectivity index (χ4n) is 1.34. The first-order chi connectivity index (χ1) is 8.76. The Balaban J connectivity index is 0.000000360. The van der Waals surface area contributed by atoms with Gasteiger partial charge >= 0.3 is 5.97 Å². The van der Waals surface area contributed by atoms with Crippen LogP contribution in [0.1, 0.15) is 44.0 Å². The van der Waals surface area contributed by atoms with E-state index in [1.165, 1.54) is 23.4 Å². The Morgan fingerprint density at radius 2 is 1.61 bits per heavy atom. The van der Waals surface area contributed by atoms with Crippen molar-refractivity contribution in [2.75, 3.05) is 6.61 Å². The lowest BCUT2D eigenvalue weighted by Crippen LogP contribution is -2.03. The SMILES string of the molecule is CCOC(=O)c1ccccc1.CC[CH2][Al][CH2]CC. The first-order valence-electron chi connectivity index (χ1n) is 6.80.